The highest BCUT2D eigenvalue weighted by atomic mass is 32.2. The Kier molecular flexibility index (Phi) is 4.53. The van der Waals surface area contributed by atoms with Crippen LogP contribution in [-0.2, 0) is 15.4 Å². The lowest BCUT2D eigenvalue weighted by atomic mass is 9.96. The van der Waals surface area contributed by atoms with E-state index in [9.17, 15) is 8.42 Å². The summed E-state index contributed by atoms with van der Waals surface area (Å²) in [5.41, 5.74) is -0.0966. The van der Waals surface area contributed by atoms with Gasteiger partial charge in [0.1, 0.15) is 11.6 Å². The van der Waals surface area contributed by atoms with Crippen LogP contribution in [0.25, 0.3) is 0 Å². The molecule has 1 saturated heterocycles. The molecule has 1 aromatic heterocycles. The number of rotatable bonds is 2. The Labute approximate surface area is 127 Å². The van der Waals surface area contributed by atoms with Crippen molar-refractivity contribution in [2.45, 2.75) is 32.6 Å². The predicted octanol–water partition coefficient (Wildman–Crippen LogP) is 1.25. The number of hydrogen-bond donors (Lipinski definition) is 0. The second kappa shape index (κ2) is 5.88. The fourth-order valence-electron chi connectivity index (χ4n) is 2.34. The first kappa shape index (κ1) is 16.2. The Balaban J connectivity index is 2.16. The molecule has 1 aliphatic heterocycles. The zero-order chi connectivity index (χ0) is 15.7. The Morgan fingerprint density at radius 1 is 1.14 bits per heavy atom. The number of anilines is 1. The largest absolute Gasteiger partial charge is 0.355 e. The lowest BCUT2D eigenvalue weighted by molar-refractivity contribution is 0.437. The van der Waals surface area contributed by atoms with Crippen molar-refractivity contribution in [3.8, 4) is 0 Å². The van der Waals surface area contributed by atoms with Gasteiger partial charge < -0.3 is 4.90 Å². The van der Waals surface area contributed by atoms with Gasteiger partial charge in [-0.05, 0) is 12.5 Å². The fraction of sp³-hybridized carbons (Fsp3) is 0.714. The molecule has 118 valence electrons. The van der Waals surface area contributed by atoms with Crippen molar-refractivity contribution in [1.29, 1.82) is 0 Å². The average Bonchev–Trinajstić information content (AvgIpc) is 2.63. The molecule has 0 spiro atoms. The zero-order valence-electron chi connectivity index (χ0n) is 13.2. The van der Waals surface area contributed by atoms with Gasteiger partial charge in [-0.2, -0.15) is 0 Å². The van der Waals surface area contributed by atoms with E-state index in [2.05, 4.69) is 35.6 Å². The van der Waals surface area contributed by atoms with E-state index in [0.29, 0.717) is 19.6 Å². The van der Waals surface area contributed by atoms with Crippen LogP contribution in [0.4, 0.5) is 5.82 Å². The first-order valence-corrected chi connectivity index (χ1v) is 9.06. The van der Waals surface area contributed by atoms with Gasteiger partial charge in [0.25, 0.3) is 0 Å². The third-order valence-corrected chi connectivity index (χ3v) is 4.86. The molecule has 2 rings (SSSR count). The topological polar surface area (TPSA) is 66.4 Å². The summed E-state index contributed by atoms with van der Waals surface area (Å²) in [5.74, 6) is 1.69. The summed E-state index contributed by atoms with van der Waals surface area (Å²) < 4.78 is 24.8. The molecule has 0 amide bonds. The van der Waals surface area contributed by atoms with Crippen LogP contribution in [-0.4, -0.2) is 55.1 Å². The van der Waals surface area contributed by atoms with Gasteiger partial charge >= 0.3 is 0 Å². The quantitative estimate of drug-likeness (QED) is 0.822. The Hall–Kier alpha value is -1.21. The maximum absolute atomic E-state index is 11.6. The molecule has 1 aliphatic rings. The van der Waals surface area contributed by atoms with Gasteiger partial charge in [-0.1, -0.05) is 20.8 Å². The molecule has 1 fully saturated rings. The smallest absolute Gasteiger partial charge is 0.211 e. The summed E-state index contributed by atoms with van der Waals surface area (Å²) in [5, 5.41) is 0. The van der Waals surface area contributed by atoms with E-state index in [4.69, 9.17) is 0 Å². The van der Waals surface area contributed by atoms with Crippen LogP contribution in [0.2, 0.25) is 0 Å². The molecule has 1 aromatic rings. The monoisotopic (exact) mass is 312 g/mol. The molecular formula is C14H24N4O2S. The molecule has 0 atom stereocenters. The lowest BCUT2D eigenvalue weighted by Crippen LogP contribution is -2.34. The molecule has 6 nitrogen and oxygen atoms in total. The number of aromatic nitrogens is 2. The van der Waals surface area contributed by atoms with Crippen LogP contribution < -0.4 is 4.90 Å². The van der Waals surface area contributed by atoms with Crippen LogP contribution in [0.1, 0.15) is 33.0 Å². The van der Waals surface area contributed by atoms with Crippen molar-refractivity contribution >= 4 is 15.8 Å². The van der Waals surface area contributed by atoms with Crippen molar-refractivity contribution in [3.63, 3.8) is 0 Å². The van der Waals surface area contributed by atoms with E-state index in [0.717, 1.165) is 24.6 Å². The fourth-order valence-corrected chi connectivity index (χ4v) is 3.22. The molecular weight excluding hydrogens is 288 g/mol. The SMILES string of the molecule is CC(C)(C)c1nccc(N2CCCN(S(C)(=O)=O)CC2)n1. The maximum atomic E-state index is 11.6. The van der Waals surface area contributed by atoms with Crippen LogP contribution in [0, 0.1) is 0 Å². The molecule has 0 unspecified atom stereocenters. The summed E-state index contributed by atoms with van der Waals surface area (Å²) >= 11 is 0. The summed E-state index contributed by atoms with van der Waals surface area (Å²) in [7, 11) is -3.11. The van der Waals surface area contributed by atoms with Crippen molar-refractivity contribution in [2.75, 3.05) is 37.3 Å². The van der Waals surface area contributed by atoms with Crippen LogP contribution in [0.15, 0.2) is 12.3 Å². The number of sulfonamides is 1. The van der Waals surface area contributed by atoms with E-state index >= 15 is 0 Å². The molecule has 0 aromatic carbocycles. The maximum Gasteiger partial charge on any atom is 0.211 e. The van der Waals surface area contributed by atoms with Gasteiger partial charge in [-0.3, -0.25) is 0 Å². The second-order valence-corrected chi connectivity index (χ2v) is 8.47. The van der Waals surface area contributed by atoms with E-state index in [-0.39, 0.29) is 5.41 Å². The number of nitrogens with zero attached hydrogens (tertiary/aromatic N) is 4. The highest BCUT2D eigenvalue weighted by Gasteiger charge is 2.23. The van der Waals surface area contributed by atoms with Crippen LogP contribution >= 0.6 is 0 Å². The summed E-state index contributed by atoms with van der Waals surface area (Å²) in [6.45, 7) is 8.81. The predicted molar refractivity (Wildman–Crippen MR) is 84.0 cm³/mol. The van der Waals surface area contributed by atoms with Crippen molar-refractivity contribution < 1.29 is 8.42 Å². The van der Waals surface area contributed by atoms with Gasteiger partial charge in [0.2, 0.25) is 10.0 Å². The third-order valence-electron chi connectivity index (χ3n) is 3.56. The minimum atomic E-state index is -3.11. The van der Waals surface area contributed by atoms with Gasteiger partial charge in [0.15, 0.2) is 0 Å². The van der Waals surface area contributed by atoms with Gasteiger partial charge in [0.05, 0.1) is 6.26 Å². The standard InChI is InChI=1S/C14H24N4O2S/c1-14(2,3)13-15-7-6-12(16-13)17-8-5-9-18(11-10-17)21(4,19)20/h6-7H,5,8-11H2,1-4H3. The molecule has 0 saturated carbocycles. The molecule has 21 heavy (non-hydrogen) atoms. The van der Waals surface area contributed by atoms with Crippen molar-refractivity contribution in [2.24, 2.45) is 0 Å². The zero-order valence-corrected chi connectivity index (χ0v) is 14.0. The second-order valence-electron chi connectivity index (χ2n) is 6.49. The Morgan fingerprint density at radius 3 is 2.48 bits per heavy atom. The highest BCUT2D eigenvalue weighted by Crippen LogP contribution is 2.21. The van der Waals surface area contributed by atoms with E-state index in [1.165, 1.54) is 6.26 Å². The Bertz CT molecular complexity index is 595. The highest BCUT2D eigenvalue weighted by molar-refractivity contribution is 7.88. The first-order valence-electron chi connectivity index (χ1n) is 7.21. The van der Waals surface area contributed by atoms with Crippen LogP contribution in [0.3, 0.4) is 0 Å². The van der Waals surface area contributed by atoms with E-state index in [1.54, 1.807) is 10.5 Å². The third kappa shape index (κ3) is 4.14. The molecule has 0 bridgehead atoms. The van der Waals surface area contributed by atoms with Crippen molar-refractivity contribution in [3.05, 3.63) is 18.1 Å². The average molecular weight is 312 g/mol. The summed E-state index contributed by atoms with van der Waals surface area (Å²) in [4.78, 5) is 11.1. The first-order chi connectivity index (χ1) is 9.68. The normalized spacial score (nSPS) is 18.6. The molecule has 0 N–H and O–H groups in total. The van der Waals surface area contributed by atoms with Crippen molar-refractivity contribution in [1.82, 2.24) is 14.3 Å². The van der Waals surface area contributed by atoms with Gasteiger partial charge in [-0.25, -0.2) is 22.7 Å². The molecule has 2 heterocycles. The Morgan fingerprint density at radius 2 is 1.86 bits per heavy atom. The molecule has 0 aliphatic carbocycles. The van der Waals surface area contributed by atoms with Gasteiger partial charge in [0, 0.05) is 37.8 Å². The van der Waals surface area contributed by atoms with Crippen LogP contribution in [0.5, 0.6) is 0 Å². The summed E-state index contributed by atoms with van der Waals surface area (Å²) in [6, 6.07) is 1.89. The van der Waals surface area contributed by atoms with E-state index < -0.39 is 10.0 Å². The van der Waals surface area contributed by atoms with Gasteiger partial charge in [-0.15, -0.1) is 0 Å². The summed E-state index contributed by atoms with van der Waals surface area (Å²) in [6.07, 6.45) is 3.86. The van der Waals surface area contributed by atoms with E-state index in [1.807, 2.05) is 6.07 Å². The molecule has 7 heteroatoms. The lowest BCUT2D eigenvalue weighted by Gasteiger charge is -2.24. The number of hydrogen-bond acceptors (Lipinski definition) is 5. The minimum Gasteiger partial charge on any atom is -0.355 e. The minimum absolute atomic E-state index is 0.0966. The molecule has 0 radical (unpaired) electrons.